The molecule has 9 heteroatoms. The number of carbonyl (C=O) groups is 3. The molecule has 0 unspecified atom stereocenters. The van der Waals surface area contributed by atoms with Crippen molar-refractivity contribution in [1.82, 2.24) is 15.1 Å². The summed E-state index contributed by atoms with van der Waals surface area (Å²) in [4.78, 5) is 39.8. The molecule has 3 fully saturated rings. The normalized spacial score (nSPS) is 25.2. The van der Waals surface area contributed by atoms with Crippen molar-refractivity contribution in [1.29, 1.82) is 0 Å². The molecule has 8 nitrogen and oxygen atoms in total. The average Bonchev–Trinajstić information content (AvgIpc) is 3.12. The number of halogens is 1. The molecule has 2 saturated heterocycles. The van der Waals surface area contributed by atoms with Crippen molar-refractivity contribution in [3.05, 3.63) is 30.1 Å². The Kier molecular flexibility index (Phi) is 6.06. The monoisotopic (exact) mass is 419 g/mol. The lowest BCUT2D eigenvalue weighted by Crippen LogP contribution is -2.57. The lowest BCUT2D eigenvalue weighted by molar-refractivity contribution is -0.145. The fourth-order valence-corrected chi connectivity index (χ4v) is 4.45. The van der Waals surface area contributed by atoms with Crippen molar-refractivity contribution in [2.24, 2.45) is 17.8 Å². The van der Waals surface area contributed by atoms with Gasteiger partial charge in [0.05, 0.1) is 13.1 Å². The van der Waals surface area contributed by atoms with Gasteiger partial charge in [-0.15, -0.1) is 0 Å². The Hall–Kier alpha value is -2.84. The van der Waals surface area contributed by atoms with Crippen LogP contribution in [0.25, 0.3) is 0 Å². The number of fused-ring (bicyclic) bond motifs is 1. The number of ether oxygens (including phenoxy) is 2. The van der Waals surface area contributed by atoms with E-state index in [4.69, 9.17) is 9.47 Å². The van der Waals surface area contributed by atoms with E-state index < -0.39 is 6.09 Å². The molecule has 162 valence electrons. The SMILES string of the molecule is O=C(NCCOc1ccc(F)cc1)[C@@H]1C[C@H]2CCN(C(=O)CN3CCOC3=O)C[C@H]21. The Morgan fingerprint density at radius 2 is 2.03 bits per heavy atom. The van der Waals surface area contributed by atoms with Gasteiger partial charge in [0.2, 0.25) is 11.8 Å². The van der Waals surface area contributed by atoms with Crippen LogP contribution in [0.3, 0.4) is 0 Å². The third-order valence-corrected chi connectivity index (χ3v) is 6.22. The van der Waals surface area contributed by atoms with Gasteiger partial charge in [0.15, 0.2) is 0 Å². The lowest BCUT2D eigenvalue weighted by Gasteiger charge is -2.50. The maximum Gasteiger partial charge on any atom is 0.410 e. The van der Waals surface area contributed by atoms with Crippen molar-refractivity contribution in [2.75, 3.05) is 45.9 Å². The summed E-state index contributed by atoms with van der Waals surface area (Å²) in [5.41, 5.74) is 0. The summed E-state index contributed by atoms with van der Waals surface area (Å²) < 4.78 is 23.2. The van der Waals surface area contributed by atoms with Crippen LogP contribution >= 0.6 is 0 Å². The highest BCUT2D eigenvalue weighted by molar-refractivity contribution is 5.83. The Bertz CT molecular complexity index is 802. The van der Waals surface area contributed by atoms with Crippen LogP contribution in [0.1, 0.15) is 12.8 Å². The van der Waals surface area contributed by atoms with Gasteiger partial charge in [-0.25, -0.2) is 9.18 Å². The topological polar surface area (TPSA) is 88.2 Å². The standard InChI is InChI=1S/C21H26FN3O5/c22-15-1-3-16(4-2-15)29-9-6-23-20(27)17-11-14-5-7-24(12-18(14)17)19(26)13-25-8-10-30-21(25)28/h1-4,14,17-18H,5-13H2,(H,23,27)/t14-,17-,18-/m1/s1. The minimum atomic E-state index is -0.443. The minimum Gasteiger partial charge on any atom is -0.492 e. The number of amides is 3. The molecule has 0 bridgehead atoms. The van der Waals surface area contributed by atoms with Gasteiger partial charge in [-0.05, 0) is 48.9 Å². The van der Waals surface area contributed by atoms with Crippen molar-refractivity contribution in [3.63, 3.8) is 0 Å². The molecule has 30 heavy (non-hydrogen) atoms. The molecule has 3 amide bonds. The molecule has 1 aromatic rings. The van der Waals surface area contributed by atoms with Gasteiger partial charge in [0.25, 0.3) is 0 Å². The van der Waals surface area contributed by atoms with Gasteiger partial charge in [-0.2, -0.15) is 0 Å². The maximum atomic E-state index is 12.9. The molecule has 3 atom stereocenters. The van der Waals surface area contributed by atoms with Crippen LogP contribution < -0.4 is 10.1 Å². The number of cyclic esters (lactones) is 1. The smallest absolute Gasteiger partial charge is 0.410 e. The number of rotatable bonds is 7. The summed E-state index contributed by atoms with van der Waals surface area (Å²) in [5, 5.41) is 2.90. The molecule has 1 N–H and O–H groups in total. The second kappa shape index (κ2) is 8.89. The predicted molar refractivity (Wildman–Crippen MR) is 104 cm³/mol. The molecule has 3 aliphatic rings. The van der Waals surface area contributed by atoms with E-state index in [0.29, 0.717) is 51.1 Å². The van der Waals surface area contributed by atoms with Crippen molar-refractivity contribution >= 4 is 17.9 Å². The van der Waals surface area contributed by atoms with Gasteiger partial charge < -0.3 is 19.7 Å². The summed E-state index contributed by atoms with van der Waals surface area (Å²) in [5.74, 6) is 0.645. The van der Waals surface area contributed by atoms with Crippen LogP contribution in [0, 0.1) is 23.6 Å². The van der Waals surface area contributed by atoms with Gasteiger partial charge in [0.1, 0.15) is 31.3 Å². The van der Waals surface area contributed by atoms with Crippen molar-refractivity contribution in [3.8, 4) is 5.75 Å². The molecule has 0 radical (unpaired) electrons. The van der Waals surface area contributed by atoms with E-state index in [-0.39, 0.29) is 36.0 Å². The quantitative estimate of drug-likeness (QED) is 0.673. The lowest BCUT2D eigenvalue weighted by atomic mass is 9.61. The van der Waals surface area contributed by atoms with E-state index in [2.05, 4.69) is 5.32 Å². The number of hydrogen-bond acceptors (Lipinski definition) is 5. The molecular formula is C21H26FN3O5. The number of likely N-dealkylation sites (tertiary alicyclic amines) is 1. The number of nitrogens with zero attached hydrogens (tertiary/aromatic N) is 2. The summed E-state index contributed by atoms with van der Waals surface area (Å²) in [6.45, 7) is 2.69. The first-order chi connectivity index (χ1) is 14.5. The zero-order chi connectivity index (χ0) is 21.1. The van der Waals surface area contributed by atoms with Crippen LogP contribution in [-0.2, 0) is 14.3 Å². The number of carbonyl (C=O) groups excluding carboxylic acids is 3. The summed E-state index contributed by atoms with van der Waals surface area (Å²) in [6, 6.07) is 5.74. The third-order valence-electron chi connectivity index (χ3n) is 6.22. The zero-order valence-corrected chi connectivity index (χ0v) is 16.7. The first kappa shape index (κ1) is 20.4. The summed E-state index contributed by atoms with van der Waals surface area (Å²) in [6.07, 6.45) is 1.29. The van der Waals surface area contributed by atoms with E-state index in [1.807, 2.05) is 0 Å². The first-order valence-corrected chi connectivity index (χ1v) is 10.4. The molecule has 1 aromatic carbocycles. The van der Waals surface area contributed by atoms with E-state index >= 15 is 0 Å². The second-order valence-electron chi connectivity index (χ2n) is 8.02. The van der Waals surface area contributed by atoms with E-state index in [1.54, 1.807) is 17.0 Å². The fourth-order valence-electron chi connectivity index (χ4n) is 4.45. The molecule has 0 aromatic heterocycles. The van der Waals surface area contributed by atoms with E-state index in [0.717, 1.165) is 12.8 Å². The first-order valence-electron chi connectivity index (χ1n) is 10.4. The molecule has 1 aliphatic carbocycles. The number of hydrogen-bond donors (Lipinski definition) is 1. The third kappa shape index (κ3) is 4.49. The van der Waals surface area contributed by atoms with Crippen LogP contribution in [0.5, 0.6) is 5.75 Å². The van der Waals surface area contributed by atoms with Gasteiger partial charge in [-0.3, -0.25) is 14.5 Å². The van der Waals surface area contributed by atoms with Gasteiger partial charge in [0, 0.05) is 19.0 Å². The number of benzene rings is 1. The largest absolute Gasteiger partial charge is 0.492 e. The summed E-state index contributed by atoms with van der Waals surface area (Å²) >= 11 is 0. The highest BCUT2D eigenvalue weighted by Crippen LogP contribution is 2.45. The fraction of sp³-hybridized carbons (Fsp3) is 0.571. The van der Waals surface area contributed by atoms with Crippen LogP contribution in [-0.4, -0.2) is 73.6 Å². The Labute approximate surface area is 174 Å². The Morgan fingerprint density at radius 1 is 1.23 bits per heavy atom. The number of piperidine rings is 1. The highest BCUT2D eigenvalue weighted by atomic mass is 19.1. The van der Waals surface area contributed by atoms with Crippen molar-refractivity contribution in [2.45, 2.75) is 12.8 Å². The van der Waals surface area contributed by atoms with Crippen molar-refractivity contribution < 1.29 is 28.2 Å². The van der Waals surface area contributed by atoms with Crippen LogP contribution in [0.2, 0.25) is 0 Å². The predicted octanol–water partition coefficient (Wildman–Crippen LogP) is 1.26. The Balaban J connectivity index is 1.20. The van der Waals surface area contributed by atoms with Crippen LogP contribution in [0.4, 0.5) is 9.18 Å². The molecule has 4 rings (SSSR count). The molecule has 2 aliphatic heterocycles. The van der Waals surface area contributed by atoms with Gasteiger partial charge in [-0.1, -0.05) is 0 Å². The maximum absolute atomic E-state index is 12.9. The Morgan fingerprint density at radius 3 is 2.77 bits per heavy atom. The molecular weight excluding hydrogens is 393 g/mol. The van der Waals surface area contributed by atoms with E-state index in [9.17, 15) is 18.8 Å². The number of nitrogens with one attached hydrogen (secondary N) is 1. The summed E-state index contributed by atoms with van der Waals surface area (Å²) in [7, 11) is 0. The zero-order valence-electron chi connectivity index (χ0n) is 16.7. The second-order valence-corrected chi connectivity index (χ2v) is 8.02. The van der Waals surface area contributed by atoms with Crippen LogP contribution in [0.15, 0.2) is 24.3 Å². The molecule has 1 saturated carbocycles. The van der Waals surface area contributed by atoms with E-state index in [1.165, 1.54) is 17.0 Å². The molecule has 2 heterocycles. The average molecular weight is 419 g/mol. The minimum absolute atomic E-state index is 0.0172. The highest BCUT2D eigenvalue weighted by Gasteiger charge is 2.48. The van der Waals surface area contributed by atoms with Gasteiger partial charge >= 0.3 is 6.09 Å². The molecule has 0 spiro atoms.